The maximum atomic E-state index is 12.5. The van der Waals surface area contributed by atoms with Crippen LogP contribution in [-0.4, -0.2) is 30.0 Å². The van der Waals surface area contributed by atoms with Crippen LogP contribution >= 0.6 is 0 Å². The van der Waals surface area contributed by atoms with Crippen molar-refractivity contribution < 1.29 is 18.3 Å². The number of aromatic nitrogens is 1. The minimum absolute atomic E-state index is 0.0190. The molecule has 2 aromatic rings. The van der Waals surface area contributed by atoms with E-state index in [2.05, 4.69) is 9.71 Å². The first-order valence-electron chi connectivity index (χ1n) is 6.27. The van der Waals surface area contributed by atoms with Crippen molar-refractivity contribution >= 4 is 26.9 Å². The Hall–Kier alpha value is -1.99. The van der Waals surface area contributed by atoms with Gasteiger partial charge in [-0.25, -0.2) is 8.42 Å². The van der Waals surface area contributed by atoms with Crippen molar-refractivity contribution in [2.24, 2.45) is 0 Å². The molecular formula is C14H16N2O4S. The number of nitrogens with zero attached hydrogens (tertiary/aromatic N) is 1. The summed E-state index contributed by atoms with van der Waals surface area (Å²) in [6.07, 6.45) is 1.58. The number of carbonyl (C=O) groups is 1. The van der Waals surface area contributed by atoms with Crippen LogP contribution in [0.2, 0.25) is 0 Å². The van der Waals surface area contributed by atoms with Gasteiger partial charge in [-0.2, -0.15) is 4.72 Å². The molecule has 0 bridgehead atoms. The molecule has 112 valence electrons. The molecular weight excluding hydrogens is 292 g/mol. The number of hydrogen-bond donors (Lipinski definition) is 2. The molecule has 2 rings (SSSR count). The van der Waals surface area contributed by atoms with E-state index < -0.39 is 21.5 Å². The second-order valence-electron chi connectivity index (χ2n) is 5.32. The van der Waals surface area contributed by atoms with Crippen molar-refractivity contribution in [1.82, 2.24) is 9.71 Å². The van der Waals surface area contributed by atoms with Crippen molar-refractivity contribution in [2.75, 3.05) is 0 Å². The van der Waals surface area contributed by atoms with Gasteiger partial charge in [0.2, 0.25) is 10.0 Å². The Morgan fingerprint density at radius 1 is 1.29 bits per heavy atom. The van der Waals surface area contributed by atoms with Gasteiger partial charge in [-0.3, -0.25) is 9.78 Å². The van der Waals surface area contributed by atoms with Crippen molar-refractivity contribution in [3.63, 3.8) is 0 Å². The van der Waals surface area contributed by atoms with Gasteiger partial charge in [-0.15, -0.1) is 0 Å². The van der Waals surface area contributed by atoms with Gasteiger partial charge in [0.25, 0.3) is 0 Å². The Bertz CT molecular complexity index is 813. The van der Waals surface area contributed by atoms with Gasteiger partial charge in [0.1, 0.15) is 5.54 Å². The maximum absolute atomic E-state index is 12.5. The monoisotopic (exact) mass is 308 g/mol. The number of benzene rings is 1. The highest BCUT2D eigenvalue weighted by Crippen LogP contribution is 2.25. The number of aliphatic carboxylic acids is 1. The molecule has 0 aliphatic rings. The first kappa shape index (κ1) is 15.4. The molecule has 0 fully saturated rings. The molecule has 1 aromatic heterocycles. The summed E-state index contributed by atoms with van der Waals surface area (Å²) >= 11 is 0. The molecule has 21 heavy (non-hydrogen) atoms. The second kappa shape index (κ2) is 5.09. The van der Waals surface area contributed by atoms with E-state index >= 15 is 0 Å². The number of carboxylic acid groups (broad SMARTS) is 1. The van der Waals surface area contributed by atoms with E-state index in [-0.39, 0.29) is 4.90 Å². The van der Waals surface area contributed by atoms with Gasteiger partial charge < -0.3 is 5.11 Å². The zero-order valence-corrected chi connectivity index (χ0v) is 12.7. The van der Waals surface area contributed by atoms with Crippen LogP contribution in [0.4, 0.5) is 0 Å². The highest BCUT2D eigenvalue weighted by Gasteiger charge is 2.33. The van der Waals surface area contributed by atoms with Gasteiger partial charge in [-0.05, 0) is 44.5 Å². The van der Waals surface area contributed by atoms with E-state index in [4.69, 9.17) is 5.11 Å². The highest BCUT2D eigenvalue weighted by molar-refractivity contribution is 7.89. The Labute approximate surface area is 122 Å². The average molecular weight is 308 g/mol. The standard InChI is InChI=1S/C14H16N2O4S/c1-9-6-7-11(10-5-4-8-15-12(9)10)21(19,20)16-14(2,3)13(17)18/h4-8,16H,1-3H3,(H,17,18). The van der Waals surface area contributed by atoms with Gasteiger partial charge in [0, 0.05) is 11.6 Å². The van der Waals surface area contributed by atoms with Crippen LogP contribution in [0.5, 0.6) is 0 Å². The summed E-state index contributed by atoms with van der Waals surface area (Å²) < 4.78 is 27.2. The summed E-state index contributed by atoms with van der Waals surface area (Å²) in [5.41, 5.74) is -0.173. The van der Waals surface area contributed by atoms with Gasteiger partial charge in [0.15, 0.2) is 0 Å². The normalized spacial score (nSPS) is 12.5. The predicted molar refractivity (Wildman–Crippen MR) is 78.5 cm³/mol. The largest absolute Gasteiger partial charge is 0.480 e. The zero-order chi connectivity index (χ0) is 15.8. The number of pyridine rings is 1. The smallest absolute Gasteiger partial charge is 0.324 e. The van der Waals surface area contributed by atoms with Crippen molar-refractivity contribution in [2.45, 2.75) is 31.2 Å². The molecule has 6 nitrogen and oxygen atoms in total. The van der Waals surface area contributed by atoms with Crippen LogP contribution in [0.15, 0.2) is 35.4 Å². The second-order valence-corrected chi connectivity index (χ2v) is 6.97. The molecule has 7 heteroatoms. The highest BCUT2D eigenvalue weighted by atomic mass is 32.2. The maximum Gasteiger partial charge on any atom is 0.324 e. The van der Waals surface area contributed by atoms with Gasteiger partial charge >= 0.3 is 5.97 Å². The van der Waals surface area contributed by atoms with Crippen LogP contribution in [0, 0.1) is 6.92 Å². The third-order valence-electron chi connectivity index (χ3n) is 3.15. The van der Waals surface area contributed by atoms with E-state index in [1.807, 2.05) is 6.92 Å². The molecule has 2 N–H and O–H groups in total. The van der Waals surface area contributed by atoms with Crippen molar-refractivity contribution in [3.8, 4) is 0 Å². The molecule has 0 aliphatic carbocycles. The molecule has 1 heterocycles. The van der Waals surface area contributed by atoms with Crippen LogP contribution in [0.1, 0.15) is 19.4 Å². The first-order valence-corrected chi connectivity index (χ1v) is 7.75. The molecule has 0 amide bonds. The SMILES string of the molecule is Cc1ccc(S(=O)(=O)NC(C)(C)C(=O)O)c2cccnc12. The van der Waals surface area contributed by atoms with Crippen LogP contribution in [-0.2, 0) is 14.8 Å². The molecule has 0 spiro atoms. The third-order valence-corrected chi connectivity index (χ3v) is 4.86. The quantitative estimate of drug-likeness (QED) is 0.896. The average Bonchev–Trinajstić information content (AvgIpc) is 2.37. The summed E-state index contributed by atoms with van der Waals surface area (Å²) in [7, 11) is -3.98. The minimum atomic E-state index is -3.98. The minimum Gasteiger partial charge on any atom is -0.480 e. The Balaban J connectivity index is 2.62. The lowest BCUT2D eigenvalue weighted by atomic mass is 10.1. The lowest BCUT2D eigenvalue weighted by Crippen LogP contribution is -2.49. The third kappa shape index (κ3) is 2.88. The van der Waals surface area contributed by atoms with Crippen LogP contribution in [0.3, 0.4) is 0 Å². The van der Waals surface area contributed by atoms with Crippen LogP contribution < -0.4 is 4.72 Å². The number of hydrogen-bond acceptors (Lipinski definition) is 4. The van der Waals surface area contributed by atoms with E-state index in [9.17, 15) is 13.2 Å². The Kier molecular flexibility index (Phi) is 3.73. The van der Waals surface area contributed by atoms with E-state index in [0.29, 0.717) is 10.9 Å². The van der Waals surface area contributed by atoms with E-state index in [0.717, 1.165) is 5.56 Å². The summed E-state index contributed by atoms with van der Waals surface area (Å²) in [6.45, 7) is 4.42. The molecule has 0 saturated heterocycles. The fourth-order valence-electron chi connectivity index (χ4n) is 1.96. The molecule has 0 unspecified atom stereocenters. The fourth-order valence-corrected chi connectivity index (χ4v) is 3.53. The number of fused-ring (bicyclic) bond motifs is 1. The number of aryl methyl sites for hydroxylation is 1. The topological polar surface area (TPSA) is 96.4 Å². The Morgan fingerprint density at radius 2 is 1.95 bits per heavy atom. The van der Waals surface area contributed by atoms with E-state index in [1.54, 1.807) is 24.4 Å². The van der Waals surface area contributed by atoms with Crippen molar-refractivity contribution in [3.05, 3.63) is 36.0 Å². The molecule has 0 aliphatic heterocycles. The molecule has 0 radical (unpaired) electrons. The number of rotatable bonds is 4. The van der Waals surface area contributed by atoms with Gasteiger partial charge in [-0.1, -0.05) is 6.07 Å². The summed E-state index contributed by atoms with van der Waals surface area (Å²) in [6, 6.07) is 6.40. The van der Waals surface area contributed by atoms with Gasteiger partial charge in [0.05, 0.1) is 10.4 Å². The predicted octanol–water partition coefficient (Wildman–Crippen LogP) is 1.68. The number of nitrogens with one attached hydrogen (secondary N) is 1. The molecule has 0 saturated carbocycles. The van der Waals surface area contributed by atoms with Crippen LogP contribution in [0.25, 0.3) is 10.9 Å². The number of carboxylic acids is 1. The zero-order valence-electron chi connectivity index (χ0n) is 11.9. The lowest BCUT2D eigenvalue weighted by Gasteiger charge is -2.21. The first-order chi connectivity index (χ1) is 9.65. The fraction of sp³-hybridized carbons (Fsp3) is 0.286. The summed E-state index contributed by atoms with van der Waals surface area (Å²) in [5.74, 6) is -1.25. The Morgan fingerprint density at radius 3 is 2.57 bits per heavy atom. The van der Waals surface area contributed by atoms with E-state index in [1.165, 1.54) is 19.9 Å². The van der Waals surface area contributed by atoms with Crippen molar-refractivity contribution in [1.29, 1.82) is 0 Å². The summed E-state index contributed by atoms with van der Waals surface area (Å²) in [5, 5.41) is 9.53. The lowest BCUT2D eigenvalue weighted by molar-refractivity contribution is -0.142. The summed E-state index contributed by atoms with van der Waals surface area (Å²) in [4.78, 5) is 15.3. The molecule has 1 aromatic carbocycles. The number of sulfonamides is 1. The molecule has 0 atom stereocenters.